The number of piperidine rings is 1. The van der Waals surface area contributed by atoms with Gasteiger partial charge in [0.2, 0.25) is 0 Å². The van der Waals surface area contributed by atoms with Crippen molar-refractivity contribution in [2.24, 2.45) is 0 Å². The van der Waals surface area contributed by atoms with Gasteiger partial charge in [0, 0.05) is 12.1 Å². The maximum Gasteiger partial charge on any atom is 0.258 e. The van der Waals surface area contributed by atoms with Crippen LogP contribution in [0.3, 0.4) is 0 Å². The summed E-state index contributed by atoms with van der Waals surface area (Å²) in [6.07, 6.45) is -1.11. The number of para-hydroxylation sites is 1. The van der Waals surface area contributed by atoms with Gasteiger partial charge in [-0.2, -0.15) is 5.10 Å². The van der Waals surface area contributed by atoms with Crippen LogP contribution in [0.15, 0.2) is 24.3 Å². The van der Waals surface area contributed by atoms with E-state index in [9.17, 15) is 9.18 Å². The van der Waals surface area contributed by atoms with Crippen molar-refractivity contribution in [3.63, 3.8) is 0 Å². The Morgan fingerprint density at radius 3 is 2.90 bits per heavy atom. The number of rotatable bonds is 3. The molecule has 1 fully saturated rings. The second kappa shape index (κ2) is 7.76. The summed E-state index contributed by atoms with van der Waals surface area (Å²) in [7, 11) is 0. The molecule has 1 N–H and O–H groups in total. The van der Waals surface area contributed by atoms with E-state index in [0.717, 1.165) is 28.3 Å². The molecule has 7 nitrogen and oxygen atoms in total. The summed E-state index contributed by atoms with van der Waals surface area (Å²) < 4.78 is 21.9. The number of fused-ring (bicyclic) bond motifs is 3. The van der Waals surface area contributed by atoms with Crippen molar-refractivity contribution in [2.75, 3.05) is 13.1 Å². The molecule has 9 heteroatoms. The van der Waals surface area contributed by atoms with E-state index in [1.54, 1.807) is 33.7 Å². The highest BCUT2D eigenvalue weighted by molar-refractivity contribution is 6.31. The predicted molar refractivity (Wildman–Crippen MR) is 114 cm³/mol. The molecule has 2 aliphatic heterocycles. The summed E-state index contributed by atoms with van der Waals surface area (Å²) in [5.74, 6) is 0.246. The van der Waals surface area contributed by atoms with Crippen LogP contribution in [0.25, 0.3) is 5.65 Å². The number of benzene rings is 1. The fourth-order valence-electron chi connectivity index (χ4n) is 4.27. The second-order valence-corrected chi connectivity index (χ2v) is 8.46. The zero-order valence-electron chi connectivity index (χ0n) is 17.4. The molecule has 4 heterocycles. The van der Waals surface area contributed by atoms with Crippen LogP contribution < -0.4 is 10.1 Å². The molecule has 2 aliphatic rings. The van der Waals surface area contributed by atoms with Gasteiger partial charge in [-0.3, -0.25) is 4.79 Å². The molecule has 0 spiro atoms. The van der Waals surface area contributed by atoms with Crippen LogP contribution in [0.5, 0.6) is 5.75 Å². The highest BCUT2D eigenvalue weighted by Gasteiger charge is 2.33. The lowest BCUT2D eigenvalue weighted by Gasteiger charge is -2.28. The summed E-state index contributed by atoms with van der Waals surface area (Å²) in [5.41, 5.74) is 4.46. The molecule has 2 atom stereocenters. The van der Waals surface area contributed by atoms with Gasteiger partial charge < -0.3 is 15.0 Å². The number of carbonyl (C=O) groups is 1. The van der Waals surface area contributed by atoms with Gasteiger partial charge in [0.1, 0.15) is 18.0 Å². The molecule has 0 bridgehead atoms. The van der Waals surface area contributed by atoms with E-state index in [4.69, 9.17) is 16.3 Å². The highest BCUT2D eigenvalue weighted by atomic mass is 35.5. The SMILES string of the molecule is Cc1nc2c3c(nn2c(C)c1Cl)CN(C(=O)c1ccccc1OC1CCNCC1F)C3. The average Bonchev–Trinajstić information content (AvgIpc) is 3.33. The maximum atomic E-state index is 14.2. The minimum absolute atomic E-state index is 0.168. The van der Waals surface area contributed by atoms with Crippen molar-refractivity contribution < 1.29 is 13.9 Å². The van der Waals surface area contributed by atoms with Gasteiger partial charge in [-0.25, -0.2) is 13.9 Å². The summed E-state index contributed by atoms with van der Waals surface area (Å²) in [6.45, 7) is 5.50. The standard InChI is InChI=1S/C22H23ClFN5O2/c1-12-20(23)13(2)29-21(26-12)15-10-28(11-17(15)27-29)22(30)14-5-3-4-6-18(14)31-19-7-8-25-9-16(19)24/h3-6,16,19,25H,7-11H2,1-2H3. The predicted octanol–water partition coefficient (Wildman–Crippen LogP) is 3.23. The Kier molecular flexibility index (Phi) is 5.06. The Labute approximate surface area is 184 Å². The Morgan fingerprint density at radius 1 is 1.29 bits per heavy atom. The smallest absolute Gasteiger partial charge is 0.258 e. The number of hydrogen-bond donors (Lipinski definition) is 1. The van der Waals surface area contributed by atoms with E-state index >= 15 is 0 Å². The molecule has 1 saturated heterocycles. The van der Waals surface area contributed by atoms with E-state index in [0.29, 0.717) is 42.4 Å². The quantitative estimate of drug-likeness (QED) is 0.673. The third-order valence-corrected chi connectivity index (χ3v) is 6.53. The van der Waals surface area contributed by atoms with E-state index in [-0.39, 0.29) is 12.5 Å². The van der Waals surface area contributed by atoms with Crippen LogP contribution in [0.1, 0.15) is 39.4 Å². The summed E-state index contributed by atoms with van der Waals surface area (Å²) in [4.78, 5) is 19.7. The molecule has 1 amide bonds. The Balaban J connectivity index is 1.41. The summed E-state index contributed by atoms with van der Waals surface area (Å²) >= 11 is 6.31. The molecule has 162 valence electrons. The first kappa shape index (κ1) is 20.2. The second-order valence-electron chi connectivity index (χ2n) is 8.08. The van der Waals surface area contributed by atoms with Gasteiger partial charge >= 0.3 is 0 Å². The number of hydrogen-bond acceptors (Lipinski definition) is 5. The summed E-state index contributed by atoms with van der Waals surface area (Å²) in [6, 6.07) is 7.04. The van der Waals surface area contributed by atoms with Crippen molar-refractivity contribution >= 4 is 23.2 Å². The molecule has 0 radical (unpaired) electrons. The minimum atomic E-state index is -1.11. The first-order valence-electron chi connectivity index (χ1n) is 10.4. The number of halogens is 2. The van der Waals surface area contributed by atoms with Crippen molar-refractivity contribution in [1.29, 1.82) is 0 Å². The lowest BCUT2D eigenvalue weighted by atomic mass is 10.1. The first-order chi connectivity index (χ1) is 14.9. The lowest BCUT2D eigenvalue weighted by molar-refractivity contribution is 0.0659. The number of ether oxygens (including phenoxy) is 1. The number of nitrogens with zero attached hydrogens (tertiary/aromatic N) is 4. The van der Waals surface area contributed by atoms with Crippen LogP contribution in [0, 0.1) is 13.8 Å². The third-order valence-electron chi connectivity index (χ3n) is 5.99. The maximum absolute atomic E-state index is 14.2. The monoisotopic (exact) mass is 443 g/mol. The van der Waals surface area contributed by atoms with Crippen molar-refractivity contribution in [3.8, 4) is 5.75 Å². The van der Waals surface area contributed by atoms with Crippen LogP contribution in [0.2, 0.25) is 5.02 Å². The van der Waals surface area contributed by atoms with Crippen molar-refractivity contribution in [3.05, 3.63) is 57.5 Å². The highest BCUT2D eigenvalue weighted by Crippen LogP contribution is 2.31. The van der Waals surface area contributed by atoms with Gasteiger partial charge in [-0.05, 0) is 38.9 Å². The zero-order chi connectivity index (χ0) is 21.7. The average molecular weight is 444 g/mol. The van der Waals surface area contributed by atoms with Crippen molar-refractivity contribution in [2.45, 2.75) is 45.6 Å². The van der Waals surface area contributed by atoms with E-state index in [1.165, 1.54) is 0 Å². The van der Waals surface area contributed by atoms with Gasteiger partial charge in [0.15, 0.2) is 5.65 Å². The first-order valence-corrected chi connectivity index (χ1v) is 10.7. The topological polar surface area (TPSA) is 71.8 Å². The van der Waals surface area contributed by atoms with E-state index < -0.39 is 12.3 Å². The minimum Gasteiger partial charge on any atom is -0.486 e. The number of alkyl halides is 1. The van der Waals surface area contributed by atoms with Crippen LogP contribution in [-0.2, 0) is 13.1 Å². The third kappa shape index (κ3) is 3.43. The van der Waals surface area contributed by atoms with Crippen molar-refractivity contribution in [1.82, 2.24) is 24.8 Å². The zero-order valence-corrected chi connectivity index (χ0v) is 18.1. The number of carbonyl (C=O) groups excluding carboxylic acids is 1. The van der Waals surface area contributed by atoms with E-state index in [2.05, 4.69) is 15.4 Å². The molecular weight excluding hydrogens is 421 g/mol. The molecule has 31 heavy (non-hydrogen) atoms. The van der Waals surface area contributed by atoms with Crippen LogP contribution in [-0.4, -0.2) is 50.8 Å². The Bertz CT molecular complexity index is 1180. The number of aromatic nitrogens is 3. The molecular formula is C22H23ClFN5O2. The molecule has 0 saturated carbocycles. The fraction of sp³-hybridized carbons (Fsp3) is 0.409. The molecule has 2 aromatic heterocycles. The Hall–Kier alpha value is -2.71. The van der Waals surface area contributed by atoms with Gasteiger partial charge in [-0.1, -0.05) is 23.7 Å². The van der Waals surface area contributed by atoms with Crippen LogP contribution >= 0.6 is 11.6 Å². The van der Waals surface area contributed by atoms with E-state index in [1.807, 2.05) is 13.8 Å². The fourth-order valence-corrected chi connectivity index (χ4v) is 4.39. The molecule has 0 aliphatic carbocycles. The lowest BCUT2D eigenvalue weighted by Crippen LogP contribution is -2.44. The van der Waals surface area contributed by atoms with Gasteiger partial charge in [-0.15, -0.1) is 0 Å². The number of nitrogens with one attached hydrogen (secondary N) is 1. The molecule has 5 rings (SSSR count). The van der Waals surface area contributed by atoms with Crippen LogP contribution in [0.4, 0.5) is 4.39 Å². The summed E-state index contributed by atoms with van der Waals surface area (Å²) in [5, 5.41) is 8.24. The van der Waals surface area contributed by atoms with Gasteiger partial charge in [0.25, 0.3) is 5.91 Å². The van der Waals surface area contributed by atoms with Gasteiger partial charge in [0.05, 0.1) is 40.8 Å². The number of amides is 1. The Morgan fingerprint density at radius 2 is 2.10 bits per heavy atom. The normalized spacial score (nSPS) is 20.8. The molecule has 2 unspecified atom stereocenters. The molecule has 3 aromatic rings. The largest absolute Gasteiger partial charge is 0.486 e. The molecule has 1 aromatic carbocycles. The number of aryl methyl sites for hydroxylation is 2.